The van der Waals surface area contributed by atoms with Gasteiger partial charge in [-0.05, 0) is 72.9 Å². The van der Waals surface area contributed by atoms with Gasteiger partial charge in [0, 0.05) is 16.7 Å². The highest BCUT2D eigenvalue weighted by Crippen LogP contribution is 2.39. The molecule has 0 fully saturated rings. The molecule has 0 aliphatic heterocycles. The number of methoxy groups -OCH3 is 1. The number of carboxylic acid groups (broad SMARTS) is 1. The first-order chi connectivity index (χ1) is 20.2. The maximum absolute atomic E-state index is 13.8. The van der Waals surface area contributed by atoms with Gasteiger partial charge in [-0.3, -0.25) is 7.91 Å². The molecule has 214 valence electrons. The number of imidazole rings is 1. The van der Waals surface area contributed by atoms with Crippen LogP contribution in [0, 0.1) is 13.8 Å². The Morgan fingerprint density at radius 2 is 1.79 bits per heavy atom. The Kier molecular flexibility index (Phi) is 8.63. The van der Waals surface area contributed by atoms with E-state index in [4.69, 9.17) is 9.72 Å². The number of ether oxygens (including phenoxy) is 1. The van der Waals surface area contributed by atoms with E-state index < -0.39 is 5.97 Å². The van der Waals surface area contributed by atoms with E-state index in [0.717, 1.165) is 57.4 Å². The van der Waals surface area contributed by atoms with Gasteiger partial charge in [-0.2, -0.15) is 0 Å². The van der Waals surface area contributed by atoms with Crippen LogP contribution in [0.15, 0.2) is 78.9 Å². The fourth-order valence-corrected chi connectivity index (χ4v) is 6.26. The van der Waals surface area contributed by atoms with E-state index in [1.54, 1.807) is 22.4 Å². The third-order valence-electron chi connectivity index (χ3n) is 7.46. The van der Waals surface area contributed by atoms with Crippen molar-refractivity contribution in [2.75, 3.05) is 7.11 Å². The second kappa shape index (κ2) is 12.4. The molecular formula is C34H32IN3O4. The zero-order valence-electron chi connectivity index (χ0n) is 23.9. The highest BCUT2D eigenvalue weighted by molar-refractivity contribution is 14.1. The molecule has 0 aliphatic carbocycles. The summed E-state index contributed by atoms with van der Waals surface area (Å²) in [5, 5.41) is 10.3. The minimum Gasteiger partial charge on any atom is -0.496 e. The van der Waals surface area contributed by atoms with Crippen LogP contribution in [0.2, 0.25) is 0 Å². The third kappa shape index (κ3) is 5.63. The summed E-state index contributed by atoms with van der Waals surface area (Å²) in [5.41, 5.74) is 7.04. The molecule has 1 amide bonds. The van der Waals surface area contributed by atoms with Gasteiger partial charge in [0.1, 0.15) is 11.6 Å². The molecule has 4 aromatic carbocycles. The van der Waals surface area contributed by atoms with Crippen molar-refractivity contribution in [2.24, 2.45) is 0 Å². The number of H-pyrrole nitrogens is 1. The van der Waals surface area contributed by atoms with Crippen molar-refractivity contribution in [1.29, 1.82) is 0 Å². The molecule has 0 bridgehead atoms. The summed E-state index contributed by atoms with van der Waals surface area (Å²) in [6.45, 7) is 6.02. The first-order valence-corrected chi connectivity index (χ1v) is 14.8. The Morgan fingerprint density at radius 3 is 2.50 bits per heavy atom. The fourth-order valence-electron chi connectivity index (χ4n) is 5.40. The van der Waals surface area contributed by atoms with Gasteiger partial charge >= 0.3 is 5.97 Å². The van der Waals surface area contributed by atoms with Crippen LogP contribution in [-0.2, 0) is 0 Å². The Bertz CT molecular complexity index is 1760. The summed E-state index contributed by atoms with van der Waals surface area (Å²) in [4.78, 5) is 34.6. The monoisotopic (exact) mass is 673 g/mol. The molecule has 0 radical (unpaired) electrons. The second-order valence-electron chi connectivity index (χ2n) is 10.3. The summed E-state index contributed by atoms with van der Waals surface area (Å²) in [6.07, 6.45) is 1.58. The van der Waals surface area contributed by atoms with Crippen LogP contribution in [0.3, 0.4) is 0 Å². The average molecular weight is 674 g/mol. The van der Waals surface area contributed by atoms with E-state index in [-0.39, 0.29) is 17.5 Å². The van der Waals surface area contributed by atoms with Crippen LogP contribution < -0.4 is 4.74 Å². The van der Waals surface area contributed by atoms with Crippen molar-refractivity contribution < 1.29 is 19.4 Å². The standard InChI is InChI=1S/C34H32IN3O4/c1-5-9-29(24-16-14-20(2)18-30(24)42-4)38(35)33(39)22-15-17-23(26(19-22)34(40)41)31-21(3)10-8-11-25(31)32-36-27-12-6-7-13-28(27)37-32/h6-8,10-19,29H,5,9H2,1-4H3,(H,36,37)(H,40,41). The van der Waals surface area contributed by atoms with Gasteiger partial charge in [-0.15, -0.1) is 0 Å². The molecule has 1 atom stereocenters. The van der Waals surface area contributed by atoms with Crippen LogP contribution in [-0.4, -0.2) is 37.2 Å². The molecule has 0 saturated carbocycles. The predicted octanol–water partition coefficient (Wildman–Crippen LogP) is 8.55. The van der Waals surface area contributed by atoms with E-state index in [1.807, 2.05) is 97.4 Å². The largest absolute Gasteiger partial charge is 0.496 e. The van der Waals surface area contributed by atoms with Crippen molar-refractivity contribution in [3.8, 4) is 28.3 Å². The van der Waals surface area contributed by atoms with E-state index in [2.05, 4.69) is 11.9 Å². The molecule has 0 spiro atoms. The number of benzene rings is 4. The van der Waals surface area contributed by atoms with Crippen molar-refractivity contribution >= 4 is 45.8 Å². The lowest BCUT2D eigenvalue weighted by Crippen LogP contribution is -2.26. The predicted molar refractivity (Wildman–Crippen MR) is 174 cm³/mol. The van der Waals surface area contributed by atoms with Crippen LogP contribution in [0.5, 0.6) is 5.75 Å². The quantitative estimate of drug-likeness (QED) is 0.121. The van der Waals surface area contributed by atoms with Crippen molar-refractivity contribution in [1.82, 2.24) is 13.1 Å². The zero-order chi connectivity index (χ0) is 30.0. The number of carboxylic acids is 1. The number of aromatic carboxylic acids is 1. The van der Waals surface area contributed by atoms with Crippen LogP contribution in [0.4, 0.5) is 0 Å². The molecule has 5 rings (SSSR count). The van der Waals surface area contributed by atoms with Crippen LogP contribution in [0.1, 0.15) is 63.2 Å². The molecule has 1 aromatic heterocycles. The molecule has 1 unspecified atom stereocenters. The van der Waals surface area contributed by atoms with Crippen molar-refractivity contribution in [3.05, 3.63) is 107 Å². The Morgan fingerprint density at radius 1 is 1.00 bits per heavy atom. The number of fused-ring (bicyclic) bond motifs is 1. The number of amides is 1. The maximum Gasteiger partial charge on any atom is 0.336 e. The first kappa shape index (κ1) is 29.3. The summed E-state index contributed by atoms with van der Waals surface area (Å²) < 4.78 is 7.31. The van der Waals surface area contributed by atoms with Gasteiger partial charge in [0.05, 0.1) is 52.6 Å². The summed E-state index contributed by atoms with van der Waals surface area (Å²) in [7, 11) is 1.63. The Balaban J connectivity index is 1.57. The molecule has 7 nitrogen and oxygen atoms in total. The minimum atomic E-state index is -1.11. The number of rotatable bonds is 9. The van der Waals surface area contributed by atoms with Gasteiger partial charge in [0.25, 0.3) is 5.91 Å². The molecule has 0 aliphatic rings. The molecule has 0 saturated heterocycles. The number of hydrogen-bond donors (Lipinski definition) is 2. The number of aryl methyl sites for hydroxylation is 2. The van der Waals surface area contributed by atoms with E-state index in [1.165, 1.54) is 6.07 Å². The molecule has 2 N–H and O–H groups in total. The summed E-state index contributed by atoms with van der Waals surface area (Å²) >= 11 is 2.04. The number of carbonyl (C=O) groups is 2. The highest BCUT2D eigenvalue weighted by Gasteiger charge is 2.28. The smallest absolute Gasteiger partial charge is 0.336 e. The Labute approximate surface area is 259 Å². The topological polar surface area (TPSA) is 95.5 Å². The lowest BCUT2D eigenvalue weighted by atomic mass is 9.90. The summed E-state index contributed by atoms with van der Waals surface area (Å²) in [6, 6.07) is 24.2. The maximum atomic E-state index is 13.8. The molecular weight excluding hydrogens is 641 g/mol. The Hall–Kier alpha value is -4.18. The van der Waals surface area contributed by atoms with E-state index in [0.29, 0.717) is 17.0 Å². The third-order valence-corrected chi connectivity index (χ3v) is 8.57. The fraction of sp³-hybridized carbons (Fsp3) is 0.206. The number of aromatic nitrogens is 2. The highest BCUT2D eigenvalue weighted by atomic mass is 127. The van der Waals surface area contributed by atoms with Crippen molar-refractivity contribution in [3.63, 3.8) is 0 Å². The van der Waals surface area contributed by atoms with E-state index in [9.17, 15) is 14.7 Å². The number of nitrogens with zero attached hydrogens (tertiary/aromatic N) is 2. The average Bonchev–Trinajstić information content (AvgIpc) is 3.43. The van der Waals surface area contributed by atoms with Gasteiger partial charge in [0.2, 0.25) is 0 Å². The normalized spacial score (nSPS) is 11.8. The zero-order valence-corrected chi connectivity index (χ0v) is 26.1. The molecule has 8 heteroatoms. The summed E-state index contributed by atoms with van der Waals surface area (Å²) in [5.74, 6) is -0.00163. The minimum absolute atomic E-state index is 0.0530. The second-order valence-corrected chi connectivity index (χ2v) is 11.4. The molecule has 1 heterocycles. The number of hydrogen-bond acceptors (Lipinski definition) is 4. The number of para-hydroxylation sites is 2. The number of halogens is 1. The number of aromatic amines is 1. The van der Waals surface area contributed by atoms with E-state index >= 15 is 0 Å². The van der Waals surface area contributed by atoms with Gasteiger partial charge in [-0.25, -0.2) is 9.78 Å². The van der Waals surface area contributed by atoms with Gasteiger partial charge < -0.3 is 14.8 Å². The lowest BCUT2D eigenvalue weighted by Gasteiger charge is -2.28. The lowest BCUT2D eigenvalue weighted by molar-refractivity contribution is 0.0697. The van der Waals surface area contributed by atoms with Gasteiger partial charge in [-0.1, -0.05) is 61.9 Å². The first-order valence-electron chi connectivity index (χ1n) is 13.8. The number of nitrogens with one attached hydrogen (secondary N) is 1. The van der Waals surface area contributed by atoms with Crippen LogP contribution >= 0.6 is 22.9 Å². The molecule has 42 heavy (non-hydrogen) atoms. The van der Waals surface area contributed by atoms with Crippen molar-refractivity contribution in [2.45, 2.75) is 39.7 Å². The van der Waals surface area contributed by atoms with Gasteiger partial charge in [0.15, 0.2) is 0 Å². The molecule has 5 aromatic rings. The number of carbonyl (C=O) groups excluding carboxylic acids is 1. The SMILES string of the molecule is CCCC(c1ccc(C)cc1OC)N(I)C(=O)c1ccc(-c2c(C)cccc2-c2nc3ccccc3[nH]2)c(C(=O)O)c1. The van der Waals surface area contributed by atoms with Crippen LogP contribution in [0.25, 0.3) is 33.5 Å².